The van der Waals surface area contributed by atoms with Gasteiger partial charge in [-0.2, -0.15) is 0 Å². The molecule has 2 aliphatic heterocycles. The van der Waals surface area contributed by atoms with Crippen LogP contribution in [0.1, 0.15) is 29.3 Å². The number of amides is 4. The van der Waals surface area contributed by atoms with Crippen LogP contribution in [0.25, 0.3) is 0 Å². The van der Waals surface area contributed by atoms with Gasteiger partial charge in [0.05, 0.1) is 18.7 Å². The van der Waals surface area contributed by atoms with Crippen LogP contribution in [0, 0.1) is 0 Å². The molecule has 0 fully saturated rings. The van der Waals surface area contributed by atoms with E-state index < -0.39 is 30.4 Å². The van der Waals surface area contributed by atoms with Gasteiger partial charge in [0.1, 0.15) is 12.3 Å². The van der Waals surface area contributed by atoms with Crippen molar-refractivity contribution in [2.45, 2.75) is 25.9 Å². The summed E-state index contributed by atoms with van der Waals surface area (Å²) in [5.74, 6) is -1.27. The molecule has 0 saturated carbocycles. The van der Waals surface area contributed by atoms with Crippen LogP contribution in [0.15, 0.2) is 48.5 Å². The zero-order valence-electron chi connectivity index (χ0n) is 17.2. The maximum Gasteiger partial charge on any atom is 0.262 e. The smallest absolute Gasteiger partial charge is 0.262 e. The summed E-state index contributed by atoms with van der Waals surface area (Å²) in [5.41, 5.74) is 1.59. The number of carbonyl (C=O) groups is 4. The molecule has 4 rings (SSSR count). The first kappa shape index (κ1) is 20.6. The summed E-state index contributed by atoms with van der Waals surface area (Å²) in [5, 5.41) is 2.78. The van der Waals surface area contributed by atoms with E-state index in [-0.39, 0.29) is 18.9 Å². The lowest BCUT2D eigenvalue weighted by Gasteiger charge is -2.35. The second-order valence-electron chi connectivity index (χ2n) is 7.49. The van der Waals surface area contributed by atoms with Crippen LogP contribution >= 0.6 is 0 Å². The molecule has 1 atom stereocenters. The van der Waals surface area contributed by atoms with Crippen molar-refractivity contribution in [3.63, 3.8) is 0 Å². The summed E-state index contributed by atoms with van der Waals surface area (Å²) >= 11 is 0. The number of nitrogens with zero attached hydrogens (tertiary/aromatic N) is 2. The van der Waals surface area contributed by atoms with Gasteiger partial charge in [0.15, 0.2) is 6.10 Å². The Hall–Kier alpha value is -3.68. The third kappa shape index (κ3) is 4.01. The first-order valence-electron chi connectivity index (χ1n) is 10.3. The Morgan fingerprint density at radius 3 is 2.65 bits per heavy atom. The van der Waals surface area contributed by atoms with Crippen molar-refractivity contribution in [3.8, 4) is 5.75 Å². The van der Waals surface area contributed by atoms with E-state index in [9.17, 15) is 19.2 Å². The molecular formula is C23H23N3O5. The molecule has 0 bridgehead atoms. The molecule has 2 aromatic carbocycles. The van der Waals surface area contributed by atoms with Gasteiger partial charge >= 0.3 is 0 Å². The van der Waals surface area contributed by atoms with Gasteiger partial charge in [-0.15, -0.1) is 0 Å². The largest absolute Gasteiger partial charge is 0.477 e. The lowest BCUT2D eigenvalue weighted by molar-refractivity contribution is -0.133. The average molecular weight is 421 g/mol. The lowest BCUT2D eigenvalue weighted by atomic mass is 9.98. The van der Waals surface area contributed by atoms with E-state index in [2.05, 4.69) is 5.32 Å². The number of benzene rings is 2. The Bertz CT molecular complexity index is 1050. The van der Waals surface area contributed by atoms with Crippen molar-refractivity contribution in [1.82, 2.24) is 10.2 Å². The number of rotatable bonds is 5. The normalized spacial score (nSPS) is 17.5. The highest BCUT2D eigenvalue weighted by Gasteiger charge is 2.37. The van der Waals surface area contributed by atoms with Crippen molar-refractivity contribution >= 4 is 29.3 Å². The number of imide groups is 1. The molecule has 0 aromatic heterocycles. The maximum absolute atomic E-state index is 13.2. The molecule has 8 heteroatoms. The summed E-state index contributed by atoms with van der Waals surface area (Å²) in [6, 6.07) is 13.8. The Morgan fingerprint density at radius 2 is 1.84 bits per heavy atom. The number of para-hydroxylation sites is 2. The summed E-state index contributed by atoms with van der Waals surface area (Å²) in [6.07, 6.45) is -0.0335. The van der Waals surface area contributed by atoms with E-state index in [1.165, 1.54) is 4.90 Å². The maximum atomic E-state index is 13.2. The van der Waals surface area contributed by atoms with Crippen LogP contribution in [0.5, 0.6) is 5.75 Å². The highest BCUT2D eigenvalue weighted by molar-refractivity contribution is 6.12. The molecule has 0 unspecified atom stereocenters. The quantitative estimate of drug-likeness (QED) is 0.739. The molecule has 0 aliphatic carbocycles. The van der Waals surface area contributed by atoms with Gasteiger partial charge < -0.3 is 15.0 Å². The van der Waals surface area contributed by atoms with Crippen LogP contribution in [-0.2, 0) is 20.8 Å². The van der Waals surface area contributed by atoms with Crippen LogP contribution in [0.4, 0.5) is 5.69 Å². The third-order valence-corrected chi connectivity index (χ3v) is 5.35. The number of hydrogen-bond donors (Lipinski definition) is 1. The van der Waals surface area contributed by atoms with E-state index in [4.69, 9.17) is 4.74 Å². The standard InChI is InChI=1S/C23H23N3O5/c1-2-11-24-22(29)19-13-25(17-9-5-6-10-18(17)31-19)21(28)14-26-20(27)12-15-7-3-4-8-16(15)23(26)30/h3-10,19H,2,11-14H2,1H3,(H,24,29)/t19-/m0/s1. The van der Waals surface area contributed by atoms with E-state index in [1.54, 1.807) is 48.5 Å². The average Bonchev–Trinajstić information content (AvgIpc) is 2.79. The highest BCUT2D eigenvalue weighted by Crippen LogP contribution is 2.33. The predicted molar refractivity (Wildman–Crippen MR) is 113 cm³/mol. The summed E-state index contributed by atoms with van der Waals surface area (Å²) in [4.78, 5) is 53.5. The van der Waals surface area contributed by atoms with Crippen LogP contribution < -0.4 is 15.0 Å². The fraction of sp³-hybridized carbons (Fsp3) is 0.304. The minimum Gasteiger partial charge on any atom is -0.477 e. The number of fused-ring (bicyclic) bond motifs is 2. The lowest BCUT2D eigenvalue weighted by Crippen LogP contribution is -2.54. The number of anilines is 1. The summed E-state index contributed by atoms with van der Waals surface area (Å²) in [7, 11) is 0. The van der Waals surface area contributed by atoms with Crippen molar-refractivity contribution in [2.75, 3.05) is 24.5 Å². The van der Waals surface area contributed by atoms with Crippen molar-refractivity contribution in [2.24, 2.45) is 0 Å². The number of carbonyl (C=O) groups excluding carboxylic acids is 4. The van der Waals surface area contributed by atoms with E-state index in [1.807, 2.05) is 6.92 Å². The second-order valence-corrected chi connectivity index (χ2v) is 7.49. The Labute approximate surface area is 179 Å². The van der Waals surface area contributed by atoms with Gasteiger partial charge in [-0.25, -0.2) is 0 Å². The van der Waals surface area contributed by atoms with Gasteiger partial charge in [0.2, 0.25) is 11.8 Å². The fourth-order valence-electron chi connectivity index (χ4n) is 3.75. The number of nitrogens with one attached hydrogen (secondary N) is 1. The number of hydrogen-bond acceptors (Lipinski definition) is 5. The monoisotopic (exact) mass is 421 g/mol. The zero-order valence-corrected chi connectivity index (χ0v) is 17.2. The predicted octanol–water partition coefficient (Wildman–Crippen LogP) is 1.53. The van der Waals surface area contributed by atoms with Gasteiger partial charge in [-0.3, -0.25) is 24.1 Å². The molecule has 160 valence electrons. The minimum absolute atomic E-state index is 0.00178. The molecule has 2 aliphatic rings. The molecular weight excluding hydrogens is 398 g/mol. The van der Waals surface area contributed by atoms with Crippen molar-refractivity contribution < 1.29 is 23.9 Å². The van der Waals surface area contributed by atoms with Crippen molar-refractivity contribution in [3.05, 3.63) is 59.7 Å². The molecule has 1 N–H and O–H groups in total. The van der Waals surface area contributed by atoms with Crippen LogP contribution in [0.3, 0.4) is 0 Å². The summed E-state index contributed by atoms with van der Waals surface area (Å²) in [6.45, 7) is 2.05. The topological polar surface area (TPSA) is 96.0 Å². The van der Waals surface area contributed by atoms with Gasteiger partial charge in [0, 0.05) is 12.1 Å². The van der Waals surface area contributed by atoms with E-state index >= 15 is 0 Å². The molecule has 0 radical (unpaired) electrons. The molecule has 2 heterocycles. The Morgan fingerprint density at radius 1 is 1.10 bits per heavy atom. The van der Waals surface area contributed by atoms with Crippen LogP contribution in [0.2, 0.25) is 0 Å². The van der Waals surface area contributed by atoms with Gasteiger partial charge in [-0.05, 0) is 30.2 Å². The number of ether oxygens (including phenoxy) is 1. The van der Waals surface area contributed by atoms with Crippen molar-refractivity contribution in [1.29, 1.82) is 0 Å². The first-order valence-corrected chi connectivity index (χ1v) is 10.3. The summed E-state index contributed by atoms with van der Waals surface area (Å²) < 4.78 is 5.80. The zero-order chi connectivity index (χ0) is 22.0. The van der Waals surface area contributed by atoms with E-state index in [0.29, 0.717) is 29.1 Å². The SMILES string of the molecule is CCCNC(=O)[C@@H]1CN(C(=O)CN2C(=O)Cc3ccccc3C2=O)c2ccccc2O1. The molecule has 0 spiro atoms. The van der Waals surface area contributed by atoms with Gasteiger partial charge in [-0.1, -0.05) is 37.3 Å². The molecule has 0 saturated heterocycles. The Balaban J connectivity index is 1.56. The fourth-order valence-corrected chi connectivity index (χ4v) is 3.75. The molecule has 4 amide bonds. The Kier molecular flexibility index (Phi) is 5.70. The minimum atomic E-state index is -0.876. The van der Waals surface area contributed by atoms with Crippen LogP contribution in [-0.4, -0.2) is 54.3 Å². The molecule has 31 heavy (non-hydrogen) atoms. The van der Waals surface area contributed by atoms with Gasteiger partial charge in [0.25, 0.3) is 11.8 Å². The molecule has 8 nitrogen and oxygen atoms in total. The van der Waals surface area contributed by atoms with E-state index in [0.717, 1.165) is 11.3 Å². The first-order chi connectivity index (χ1) is 15.0. The third-order valence-electron chi connectivity index (χ3n) is 5.35. The molecule has 2 aromatic rings. The second kappa shape index (κ2) is 8.59. The highest BCUT2D eigenvalue weighted by atomic mass is 16.5.